The fourth-order valence-corrected chi connectivity index (χ4v) is 5.24. The lowest BCUT2D eigenvalue weighted by Crippen LogP contribution is -2.52. The molecule has 3 rings (SSSR count). The Morgan fingerprint density at radius 3 is 2.32 bits per heavy atom. The van der Waals surface area contributed by atoms with Gasteiger partial charge in [0.05, 0.1) is 5.75 Å². The summed E-state index contributed by atoms with van der Waals surface area (Å²) in [5, 5.41) is 3.89. The fraction of sp³-hybridized carbons (Fsp3) is 0.310. The van der Waals surface area contributed by atoms with Crippen LogP contribution in [0, 0.1) is 5.82 Å². The van der Waals surface area contributed by atoms with Crippen molar-refractivity contribution in [2.45, 2.75) is 51.1 Å². The molecule has 3 aromatic carbocycles. The normalized spacial score (nSPS) is 12.6. The monoisotopic (exact) mass is 560 g/mol. The molecule has 4 nitrogen and oxygen atoms in total. The predicted octanol–water partition coefficient (Wildman–Crippen LogP) is 6.92. The Morgan fingerprint density at radius 2 is 1.65 bits per heavy atom. The lowest BCUT2D eigenvalue weighted by molar-refractivity contribution is -0.139. The highest BCUT2D eigenvalue weighted by atomic mass is 35.5. The Balaban J connectivity index is 1.89. The summed E-state index contributed by atoms with van der Waals surface area (Å²) in [6.45, 7) is 4.10. The fourth-order valence-electron chi connectivity index (χ4n) is 3.80. The minimum Gasteiger partial charge on any atom is -0.352 e. The van der Waals surface area contributed by atoms with Gasteiger partial charge in [-0.25, -0.2) is 4.39 Å². The van der Waals surface area contributed by atoms with Crippen molar-refractivity contribution in [3.8, 4) is 0 Å². The van der Waals surface area contributed by atoms with Gasteiger partial charge in [0, 0.05) is 40.4 Å². The maximum absolute atomic E-state index is 14.2. The van der Waals surface area contributed by atoms with E-state index in [9.17, 15) is 14.0 Å². The van der Waals surface area contributed by atoms with Crippen LogP contribution in [0.5, 0.6) is 0 Å². The van der Waals surface area contributed by atoms with Crippen LogP contribution >= 0.6 is 35.0 Å². The summed E-state index contributed by atoms with van der Waals surface area (Å²) in [5.41, 5.74) is 2.04. The molecule has 0 saturated carbocycles. The van der Waals surface area contributed by atoms with Gasteiger partial charge in [-0.15, -0.1) is 11.8 Å². The average Bonchev–Trinajstić information content (AvgIpc) is 2.89. The zero-order valence-corrected chi connectivity index (χ0v) is 23.3. The molecule has 8 heteroatoms. The van der Waals surface area contributed by atoms with E-state index < -0.39 is 11.9 Å². The van der Waals surface area contributed by atoms with Crippen LogP contribution in [0.15, 0.2) is 72.8 Å². The first kappa shape index (κ1) is 29.0. The number of thioether (sulfide) groups is 1. The highest BCUT2D eigenvalue weighted by Crippen LogP contribution is 2.26. The predicted molar refractivity (Wildman–Crippen MR) is 151 cm³/mol. The molecule has 0 unspecified atom stereocenters. The van der Waals surface area contributed by atoms with E-state index >= 15 is 0 Å². The second-order valence-electron chi connectivity index (χ2n) is 8.83. The van der Waals surface area contributed by atoms with Gasteiger partial charge in [0.1, 0.15) is 11.9 Å². The Bertz CT molecular complexity index is 1180. The number of rotatable bonds is 12. The third-order valence-corrected chi connectivity index (χ3v) is 7.77. The molecule has 0 aliphatic carbocycles. The number of halogens is 3. The summed E-state index contributed by atoms with van der Waals surface area (Å²) in [6.07, 6.45) is 1.12. The Kier molecular flexibility index (Phi) is 11.3. The van der Waals surface area contributed by atoms with Gasteiger partial charge in [0.15, 0.2) is 0 Å². The quantitative estimate of drug-likeness (QED) is 0.261. The number of hydrogen-bond acceptors (Lipinski definition) is 3. The van der Waals surface area contributed by atoms with Crippen molar-refractivity contribution in [1.82, 2.24) is 10.2 Å². The van der Waals surface area contributed by atoms with E-state index in [1.54, 1.807) is 23.1 Å². The van der Waals surface area contributed by atoms with Crippen LogP contribution < -0.4 is 5.32 Å². The summed E-state index contributed by atoms with van der Waals surface area (Å²) in [5.74, 6) is -0.579. The first-order valence-electron chi connectivity index (χ1n) is 12.2. The van der Waals surface area contributed by atoms with Gasteiger partial charge in [-0.2, -0.15) is 0 Å². The molecule has 2 atom stereocenters. The average molecular weight is 562 g/mol. The van der Waals surface area contributed by atoms with E-state index in [4.69, 9.17) is 23.2 Å². The third-order valence-electron chi connectivity index (χ3n) is 6.10. The van der Waals surface area contributed by atoms with Crippen molar-refractivity contribution < 1.29 is 14.0 Å². The van der Waals surface area contributed by atoms with Crippen LogP contribution in [0.4, 0.5) is 4.39 Å². The molecule has 0 aromatic heterocycles. The molecule has 37 heavy (non-hydrogen) atoms. The molecule has 0 radical (unpaired) electrons. The van der Waals surface area contributed by atoms with Crippen molar-refractivity contribution in [3.05, 3.63) is 105 Å². The zero-order chi connectivity index (χ0) is 26.8. The van der Waals surface area contributed by atoms with Crippen LogP contribution in [0.3, 0.4) is 0 Å². The molecular weight excluding hydrogens is 530 g/mol. The first-order chi connectivity index (χ1) is 17.8. The Labute approximate surface area is 232 Å². The number of nitrogens with one attached hydrogen (secondary N) is 1. The van der Waals surface area contributed by atoms with Crippen molar-refractivity contribution in [3.63, 3.8) is 0 Å². The maximum atomic E-state index is 14.2. The molecule has 0 heterocycles. The number of hydrogen-bond donors (Lipinski definition) is 1. The molecule has 196 valence electrons. The second-order valence-corrected chi connectivity index (χ2v) is 10.6. The standard InChI is InChI=1S/C29H31Cl2FN2O2S/c1-3-20(2)33-29(36)27(16-21-10-5-4-6-11-21)34(17-22-12-7-8-13-24(22)30)28(35)19-37-18-23-25(31)14-9-15-26(23)32/h4-15,20,27H,3,16-19H2,1-2H3,(H,33,36)/t20-,27+/m0/s1. The molecule has 0 aliphatic rings. The molecule has 2 amide bonds. The van der Waals surface area contributed by atoms with E-state index in [2.05, 4.69) is 5.32 Å². The number of benzene rings is 3. The van der Waals surface area contributed by atoms with E-state index in [0.29, 0.717) is 22.0 Å². The molecule has 0 aliphatic heterocycles. The van der Waals surface area contributed by atoms with Crippen LogP contribution in [0.2, 0.25) is 10.0 Å². The van der Waals surface area contributed by atoms with Crippen molar-refractivity contribution in [2.24, 2.45) is 0 Å². The molecule has 3 aromatic rings. The number of amides is 2. The zero-order valence-electron chi connectivity index (χ0n) is 20.9. The molecule has 0 bridgehead atoms. The van der Waals surface area contributed by atoms with E-state index in [-0.39, 0.29) is 35.9 Å². The van der Waals surface area contributed by atoms with Crippen LogP contribution in [0.25, 0.3) is 0 Å². The lowest BCUT2D eigenvalue weighted by atomic mass is 10.0. The first-order valence-corrected chi connectivity index (χ1v) is 14.1. The molecule has 0 saturated heterocycles. The van der Waals surface area contributed by atoms with Crippen LogP contribution in [-0.2, 0) is 28.3 Å². The van der Waals surface area contributed by atoms with Crippen LogP contribution in [0.1, 0.15) is 37.0 Å². The minimum atomic E-state index is -0.752. The Hall–Kier alpha value is -2.54. The summed E-state index contributed by atoms with van der Waals surface area (Å²) in [7, 11) is 0. The highest BCUT2D eigenvalue weighted by Gasteiger charge is 2.31. The molecule has 1 N–H and O–H groups in total. The maximum Gasteiger partial charge on any atom is 0.243 e. The van der Waals surface area contributed by atoms with Gasteiger partial charge >= 0.3 is 0 Å². The summed E-state index contributed by atoms with van der Waals surface area (Å²) in [4.78, 5) is 28.8. The highest BCUT2D eigenvalue weighted by molar-refractivity contribution is 7.99. The summed E-state index contributed by atoms with van der Waals surface area (Å²) < 4.78 is 14.2. The van der Waals surface area contributed by atoms with Gasteiger partial charge in [-0.1, -0.05) is 84.7 Å². The third kappa shape index (κ3) is 8.49. The number of carbonyl (C=O) groups excluding carboxylic acids is 2. The topological polar surface area (TPSA) is 49.4 Å². The van der Waals surface area contributed by atoms with Gasteiger partial charge in [-0.3, -0.25) is 9.59 Å². The van der Waals surface area contributed by atoms with Crippen LogP contribution in [-0.4, -0.2) is 34.6 Å². The van der Waals surface area contributed by atoms with Gasteiger partial charge in [-0.05, 0) is 42.7 Å². The largest absolute Gasteiger partial charge is 0.352 e. The Morgan fingerprint density at radius 1 is 0.973 bits per heavy atom. The minimum absolute atomic E-state index is 0.0411. The SMILES string of the molecule is CC[C@H](C)NC(=O)[C@@H](Cc1ccccc1)N(Cc1ccccc1Cl)C(=O)CSCc1c(F)cccc1Cl. The summed E-state index contributed by atoms with van der Waals surface area (Å²) in [6, 6.07) is 20.6. The molecular formula is C29H31Cl2FN2O2S. The van der Waals surface area contributed by atoms with E-state index in [1.807, 2.05) is 62.4 Å². The van der Waals surface area contributed by atoms with Gasteiger partial charge in [0.25, 0.3) is 0 Å². The summed E-state index contributed by atoms with van der Waals surface area (Å²) >= 11 is 13.9. The molecule has 0 spiro atoms. The molecule has 0 fully saturated rings. The lowest BCUT2D eigenvalue weighted by Gasteiger charge is -2.32. The smallest absolute Gasteiger partial charge is 0.243 e. The van der Waals surface area contributed by atoms with Crippen molar-refractivity contribution in [2.75, 3.05) is 5.75 Å². The van der Waals surface area contributed by atoms with Crippen molar-refractivity contribution >= 4 is 46.8 Å². The van der Waals surface area contributed by atoms with E-state index in [0.717, 1.165) is 17.5 Å². The van der Waals surface area contributed by atoms with Gasteiger partial charge < -0.3 is 10.2 Å². The van der Waals surface area contributed by atoms with Gasteiger partial charge in [0.2, 0.25) is 11.8 Å². The number of nitrogens with zero attached hydrogens (tertiary/aromatic N) is 1. The number of carbonyl (C=O) groups is 2. The van der Waals surface area contributed by atoms with Crippen molar-refractivity contribution in [1.29, 1.82) is 0 Å². The second kappa shape index (κ2) is 14.4. The van der Waals surface area contributed by atoms with E-state index in [1.165, 1.54) is 17.8 Å².